The Balaban J connectivity index is 1.94. The maximum atomic E-state index is 13.0. The van der Waals surface area contributed by atoms with E-state index in [1.54, 1.807) is 48.5 Å². The number of nitrogen functional groups attached to an aromatic ring is 1. The van der Waals surface area contributed by atoms with Gasteiger partial charge in [0, 0.05) is 28.9 Å². The molecule has 0 saturated heterocycles. The van der Waals surface area contributed by atoms with Crippen molar-refractivity contribution in [2.75, 3.05) is 11.9 Å². The lowest BCUT2D eigenvalue weighted by Crippen LogP contribution is -2.30. The molecule has 0 aliphatic heterocycles. The molecule has 3 rings (SSSR count). The van der Waals surface area contributed by atoms with Crippen molar-refractivity contribution in [3.8, 4) is 11.1 Å². The highest BCUT2D eigenvalue weighted by Gasteiger charge is 2.20. The molecule has 0 aliphatic rings. The summed E-state index contributed by atoms with van der Waals surface area (Å²) in [5, 5.41) is 31.9. The highest BCUT2D eigenvalue weighted by Crippen LogP contribution is 2.29. The van der Waals surface area contributed by atoms with Crippen LogP contribution in [-0.2, 0) is 0 Å². The van der Waals surface area contributed by atoms with Crippen LogP contribution in [0.2, 0.25) is 0 Å². The van der Waals surface area contributed by atoms with Gasteiger partial charge in [0.15, 0.2) is 0 Å². The molecule has 0 bridgehead atoms. The van der Waals surface area contributed by atoms with Crippen molar-refractivity contribution in [1.29, 1.82) is 5.41 Å². The summed E-state index contributed by atoms with van der Waals surface area (Å²) >= 11 is 0. The van der Waals surface area contributed by atoms with Gasteiger partial charge in [0.25, 0.3) is 11.8 Å². The number of aliphatic hydroxyl groups excluding tert-OH is 1. The predicted octanol–water partition coefficient (Wildman–Crippen LogP) is 2.70. The Morgan fingerprint density at radius 3 is 2.15 bits per heavy atom. The van der Waals surface area contributed by atoms with Crippen molar-refractivity contribution in [2.24, 2.45) is 5.73 Å². The number of aromatic carboxylic acids is 1. The number of carboxylic acid groups (broad SMARTS) is 1. The third kappa shape index (κ3) is 5.64. The van der Waals surface area contributed by atoms with Crippen LogP contribution in [0.5, 0.6) is 0 Å². The fourth-order valence-electron chi connectivity index (χ4n) is 3.29. The molecular formula is C25H24N4O5. The van der Waals surface area contributed by atoms with E-state index in [0.29, 0.717) is 16.8 Å². The molecule has 174 valence electrons. The molecule has 0 aliphatic carbocycles. The summed E-state index contributed by atoms with van der Waals surface area (Å²) in [6.45, 7) is 1.55. The van der Waals surface area contributed by atoms with Crippen LogP contribution in [-0.4, -0.2) is 46.5 Å². The number of anilines is 1. The second-order valence-electron chi connectivity index (χ2n) is 7.62. The van der Waals surface area contributed by atoms with Crippen LogP contribution in [0.3, 0.4) is 0 Å². The van der Waals surface area contributed by atoms with Crippen LogP contribution >= 0.6 is 0 Å². The number of benzene rings is 3. The monoisotopic (exact) mass is 460 g/mol. The van der Waals surface area contributed by atoms with Crippen molar-refractivity contribution in [3.05, 3.63) is 89.0 Å². The summed E-state index contributed by atoms with van der Waals surface area (Å²) in [5.74, 6) is -2.32. The van der Waals surface area contributed by atoms with Gasteiger partial charge in [-0.1, -0.05) is 24.3 Å². The highest BCUT2D eigenvalue weighted by molar-refractivity contribution is 6.11. The van der Waals surface area contributed by atoms with Crippen LogP contribution in [0.4, 0.5) is 5.69 Å². The van der Waals surface area contributed by atoms with E-state index >= 15 is 0 Å². The zero-order chi connectivity index (χ0) is 24.8. The molecule has 3 aromatic rings. The molecule has 0 radical (unpaired) electrons. The molecule has 0 spiro atoms. The lowest BCUT2D eigenvalue weighted by atomic mass is 9.93. The quantitative estimate of drug-likeness (QED) is 0.223. The molecule has 34 heavy (non-hydrogen) atoms. The molecular weight excluding hydrogens is 436 g/mol. The zero-order valence-electron chi connectivity index (χ0n) is 18.3. The van der Waals surface area contributed by atoms with Gasteiger partial charge >= 0.3 is 5.97 Å². The maximum Gasteiger partial charge on any atom is 0.336 e. The Hall–Kier alpha value is -4.50. The average Bonchev–Trinajstić information content (AvgIpc) is 2.82. The van der Waals surface area contributed by atoms with Crippen molar-refractivity contribution in [2.45, 2.75) is 13.0 Å². The van der Waals surface area contributed by atoms with Crippen LogP contribution in [0.1, 0.15) is 43.6 Å². The number of hydrogen-bond donors (Lipinski definition) is 6. The highest BCUT2D eigenvalue weighted by atomic mass is 16.4. The second kappa shape index (κ2) is 10.4. The minimum absolute atomic E-state index is 0.0272. The van der Waals surface area contributed by atoms with Crippen molar-refractivity contribution >= 4 is 29.3 Å². The summed E-state index contributed by atoms with van der Waals surface area (Å²) < 4.78 is 0. The van der Waals surface area contributed by atoms with Gasteiger partial charge in [0.2, 0.25) is 0 Å². The van der Waals surface area contributed by atoms with Gasteiger partial charge in [-0.15, -0.1) is 0 Å². The molecule has 0 fully saturated rings. The summed E-state index contributed by atoms with van der Waals surface area (Å²) in [4.78, 5) is 37.3. The maximum absolute atomic E-state index is 13.0. The van der Waals surface area contributed by atoms with Gasteiger partial charge in [-0.2, -0.15) is 0 Å². The van der Waals surface area contributed by atoms with E-state index in [-0.39, 0.29) is 34.6 Å². The number of amides is 2. The van der Waals surface area contributed by atoms with E-state index in [9.17, 15) is 24.6 Å². The van der Waals surface area contributed by atoms with Crippen LogP contribution in [0.15, 0.2) is 66.7 Å². The van der Waals surface area contributed by atoms with E-state index in [0.717, 1.165) is 0 Å². The number of aliphatic hydroxyl groups is 1. The Morgan fingerprint density at radius 2 is 1.53 bits per heavy atom. The van der Waals surface area contributed by atoms with Crippen molar-refractivity contribution in [3.63, 3.8) is 0 Å². The smallest absolute Gasteiger partial charge is 0.336 e. The normalized spacial score (nSPS) is 11.4. The minimum atomic E-state index is -1.25. The molecule has 3 aromatic carbocycles. The Labute approximate surface area is 195 Å². The SMILES string of the molecule is CC(O)CNC(=O)c1ccc(-c2ccccc2C(=O)Nc2ccc(C(=N)N)cc2)c(C(=O)O)c1. The molecule has 9 heteroatoms. The molecule has 0 aromatic heterocycles. The first-order valence-electron chi connectivity index (χ1n) is 10.4. The number of amidine groups is 1. The van der Waals surface area contributed by atoms with E-state index in [1.807, 2.05) is 0 Å². The van der Waals surface area contributed by atoms with Gasteiger partial charge in [-0.05, 0) is 60.5 Å². The van der Waals surface area contributed by atoms with Crippen molar-refractivity contribution in [1.82, 2.24) is 5.32 Å². The van der Waals surface area contributed by atoms with E-state index in [4.69, 9.17) is 11.1 Å². The molecule has 7 N–H and O–H groups in total. The lowest BCUT2D eigenvalue weighted by Gasteiger charge is -2.14. The zero-order valence-corrected chi connectivity index (χ0v) is 18.3. The molecule has 9 nitrogen and oxygen atoms in total. The third-order valence-electron chi connectivity index (χ3n) is 4.99. The number of rotatable bonds is 8. The van der Waals surface area contributed by atoms with Gasteiger partial charge in [-0.3, -0.25) is 15.0 Å². The first-order valence-corrected chi connectivity index (χ1v) is 10.4. The number of carbonyl (C=O) groups excluding carboxylic acids is 2. The number of nitrogens with one attached hydrogen (secondary N) is 3. The summed E-state index contributed by atoms with van der Waals surface area (Å²) in [5.41, 5.74) is 7.32. The van der Waals surface area contributed by atoms with Crippen LogP contribution in [0, 0.1) is 5.41 Å². The number of hydrogen-bond acceptors (Lipinski definition) is 5. The Kier molecular flexibility index (Phi) is 7.39. The number of carbonyl (C=O) groups is 3. The summed E-state index contributed by atoms with van der Waals surface area (Å²) in [7, 11) is 0. The van der Waals surface area contributed by atoms with E-state index in [1.165, 1.54) is 25.1 Å². The van der Waals surface area contributed by atoms with E-state index in [2.05, 4.69) is 10.6 Å². The standard InChI is InChI=1S/C25H24N4O5/c1-14(30)13-28-23(31)16-8-11-19(21(12-16)25(33)34)18-4-2-3-5-20(18)24(32)29-17-9-6-15(7-10-17)22(26)27/h2-12,14,30H,13H2,1H3,(H3,26,27)(H,28,31)(H,29,32)(H,33,34). The van der Waals surface area contributed by atoms with Gasteiger partial charge in [-0.25, -0.2) is 4.79 Å². The number of carboxylic acids is 1. The van der Waals surface area contributed by atoms with Crippen molar-refractivity contribution < 1.29 is 24.6 Å². The topological polar surface area (TPSA) is 166 Å². The Morgan fingerprint density at radius 1 is 0.912 bits per heavy atom. The molecule has 1 atom stereocenters. The molecule has 0 heterocycles. The molecule has 2 amide bonds. The first kappa shape index (κ1) is 24.1. The predicted molar refractivity (Wildman–Crippen MR) is 128 cm³/mol. The third-order valence-corrected chi connectivity index (χ3v) is 4.99. The lowest BCUT2D eigenvalue weighted by molar-refractivity contribution is 0.0697. The van der Waals surface area contributed by atoms with Crippen LogP contribution < -0.4 is 16.4 Å². The first-order chi connectivity index (χ1) is 16.2. The van der Waals surface area contributed by atoms with Gasteiger partial charge < -0.3 is 26.6 Å². The Bertz CT molecular complexity index is 1250. The van der Waals surface area contributed by atoms with Gasteiger partial charge in [0.05, 0.1) is 11.7 Å². The largest absolute Gasteiger partial charge is 0.478 e. The average molecular weight is 460 g/mol. The second-order valence-corrected chi connectivity index (χ2v) is 7.62. The fraction of sp³-hybridized carbons (Fsp3) is 0.120. The van der Waals surface area contributed by atoms with E-state index < -0.39 is 23.9 Å². The fourth-order valence-corrected chi connectivity index (χ4v) is 3.29. The minimum Gasteiger partial charge on any atom is -0.478 e. The van der Waals surface area contributed by atoms with Crippen LogP contribution in [0.25, 0.3) is 11.1 Å². The number of nitrogens with two attached hydrogens (primary N) is 1. The summed E-state index contributed by atoms with van der Waals surface area (Å²) in [6, 6.07) is 17.2. The molecule has 1 unspecified atom stereocenters. The van der Waals surface area contributed by atoms with Gasteiger partial charge in [0.1, 0.15) is 5.84 Å². The summed E-state index contributed by atoms with van der Waals surface area (Å²) in [6.07, 6.45) is -0.744. The molecule has 0 saturated carbocycles.